The van der Waals surface area contributed by atoms with E-state index in [1.165, 1.54) is 37.1 Å². The number of halogens is 1. The summed E-state index contributed by atoms with van der Waals surface area (Å²) >= 11 is 0. The van der Waals surface area contributed by atoms with Gasteiger partial charge in [-0.05, 0) is 43.5 Å². The first-order chi connectivity index (χ1) is 9.90. The summed E-state index contributed by atoms with van der Waals surface area (Å²) in [6.07, 6.45) is 3.84. The van der Waals surface area contributed by atoms with Crippen LogP contribution in [-0.2, 0) is 13.1 Å². The van der Waals surface area contributed by atoms with Crippen molar-refractivity contribution >= 4 is 29.9 Å². The average Bonchev–Trinajstić information content (AvgIpc) is 3.00. The van der Waals surface area contributed by atoms with Gasteiger partial charge in [0.1, 0.15) is 0 Å². The lowest BCUT2D eigenvalue weighted by atomic mass is 10.1. The number of nitrogens with zero attached hydrogens (tertiary/aromatic N) is 2. The molecule has 2 N–H and O–H groups in total. The molecule has 21 heavy (non-hydrogen) atoms. The second-order valence-corrected chi connectivity index (χ2v) is 5.67. The van der Waals surface area contributed by atoms with E-state index < -0.39 is 0 Å². The Morgan fingerprint density at radius 1 is 1.14 bits per heavy atom. The molecule has 1 aromatic carbocycles. The molecule has 0 saturated carbocycles. The molecule has 2 aliphatic heterocycles. The van der Waals surface area contributed by atoms with E-state index in [2.05, 4.69) is 44.8 Å². The van der Waals surface area contributed by atoms with Gasteiger partial charge in [-0.25, -0.2) is 0 Å². The van der Waals surface area contributed by atoms with Crippen LogP contribution in [0.3, 0.4) is 0 Å². The van der Waals surface area contributed by atoms with Crippen molar-refractivity contribution in [3.63, 3.8) is 0 Å². The number of guanidine groups is 1. The molecule has 0 aliphatic carbocycles. The fourth-order valence-electron chi connectivity index (χ4n) is 2.87. The molecule has 1 saturated heterocycles. The zero-order valence-corrected chi connectivity index (χ0v) is 14.8. The van der Waals surface area contributed by atoms with Crippen molar-refractivity contribution in [2.75, 3.05) is 26.2 Å². The molecule has 0 radical (unpaired) electrons. The average molecular weight is 400 g/mol. The molecule has 0 unspecified atom stereocenters. The van der Waals surface area contributed by atoms with Gasteiger partial charge in [0.05, 0.1) is 0 Å². The van der Waals surface area contributed by atoms with Crippen molar-refractivity contribution in [3.05, 3.63) is 35.4 Å². The highest BCUT2D eigenvalue weighted by Gasteiger charge is 2.11. The SMILES string of the molecule is I.c1cc(CNC2=NCCCN2)cc(CN2CCCC2)c1. The smallest absolute Gasteiger partial charge is 0.191 e. The highest BCUT2D eigenvalue weighted by molar-refractivity contribution is 14.0. The number of hydrogen-bond donors (Lipinski definition) is 2. The second-order valence-electron chi connectivity index (χ2n) is 5.67. The number of likely N-dealkylation sites (tertiary alicyclic amines) is 1. The van der Waals surface area contributed by atoms with Gasteiger partial charge in [-0.3, -0.25) is 9.89 Å². The van der Waals surface area contributed by atoms with E-state index in [1.54, 1.807) is 0 Å². The Hall–Kier alpha value is -0.820. The molecular weight excluding hydrogens is 375 g/mol. The number of benzene rings is 1. The van der Waals surface area contributed by atoms with E-state index in [4.69, 9.17) is 0 Å². The Labute approximate surface area is 144 Å². The summed E-state index contributed by atoms with van der Waals surface area (Å²) in [4.78, 5) is 6.98. The van der Waals surface area contributed by atoms with Gasteiger partial charge in [0, 0.05) is 26.2 Å². The third-order valence-electron chi connectivity index (χ3n) is 3.95. The Morgan fingerprint density at radius 3 is 2.71 bits per heavy atom. The van der Waals surface area contributed by atoms with E-state index in [0.29, 0.717) is 0 Å². The fourth-order valence-corrected chi connectivity index (χ4v) is 2.87. The van der Waals surface area contributed by atoms with Gasteiger partial charge in [-0.2, -0.15) is 0 Å². The maximum absolute atomic E-state index is 4.44. The summed E-state index contributed by atoms with van der Waals surface area (Å²) in [5, 5.41) is 6.68. The lowest BCUT2D eigenvalue weighted by molar-refractivity contribution is 0.331. The molecule has 1 fully saturated rings. The molecule has 4 nitrogen and oxygen atoms in total. The summed E-state index contributed by atoms with van der Waals surface area (Å²) in [5.41, 5.74) is 2.75. The molecule has 3 rings (SSSR count). The van der Waals surface area contributed by atoms with E-state index >= 15 is 0 Å². The quantitative estimate of drug-likeness (QED) is 0.763. The van der Waals surface area contributed by atoms with Gasteiger partial charge in [0.2, 0.25) is 0 Å². The van der Waals surface area contributed by atoms with Gasteiger partial charge in [-0.15, -0.1) is 24.0 Å². The normalized spacial score (nSPS) is 18.6. The molecule has 5 heteroatoms. The fraction of sp³-hybridized carbons (Fsp3) is 0.562. The van der Waals surface area contributed by atoms with Crippen molar-refractivity contribution in [2.45, 2.75) is 32.4 Å². The van der Waals surface area contributed by atoms with Crippen molar-refractivity contribution in [1.82, 2.24) is 15.5 Å². The molecule has 116 valence electrons. The molecule has 0 amide bonds. The number of nitrogens with one attached hydrogen (secondary N) is 2. The monoisotopic (exact) mass is 400 g/mol. The van der Waals surface area contributed by atoms with Crippen LogP contribution in [0.1, 0.15) is 30.4 Å². The Balaban J connectivity index is 0.00000161. The molecule has 0 spiro atoms. The first-order valence-corrected chi connectivity index (χ1v) is 7.72. The van der Waals surface area contributed by atoms with Crippen LogP contribution in [0.15, 0.2) is 29.3 Å². The maximum atomic E-state index is 4.44. The van der Waals surface area contributed by atoms with Crippen molar-refractivity contribution < 1.29 is 0 Å². The van der Waals surface area contributed by atoms with E-state index in [0.717, 1.165) is 38.6 Å². The zero-order valence-electron chi connectivity index (χ0n) is 12.5. The summed E-state index contributed by atoms with van der Waals surface area (Å²) in [6, 6.07) is 8.90. The molecule has 2 aliphatic rings. The van der Waals surface area contributed by atoms with Crippen molar-refractivity contribution in [3.8, 4) is 0 Å². The topological polar surface area (TPSA) is 39.7 Å². The molecule has 0 atom stereocenters. The first-order valence-electron chi connectivity index (χ1n) is 7.72. The highest BCUT2D eigenvalue weighted by atomic mass is 127. The lowest BCUT2D eigenvalue weighted by Crippen LogP contribution is -2.40. The second kappa shape index (κ2) is 8.58. The van der Waals surface area contributed by atoms with Gasteiger partial charge >= 0.3 is 0 Å². The lowest BCUT2D eigenvalue weighted by Gasteiger charge is -2.17. The molecule has 1 aromatic rings. The minimum Gasteiger partial charge on any atom is -0.356 e. The molecular formula is C16H25IN4. The first kappa shape index (κ1) is 16.5. The van der Waals surface area contributed by atoms with Crippen LogP contribution in [0, 0.1) is 0 Å². The number of hydrogen-bond acceptors (Lipinski definition) is 4. The summed E-state index contributed by atoms with van der Waals surface area (Å²) in [7, 11) is 0. The van der Waals surface area contributed by atoms with Crippen LogP contribution < -0.4 is 10.6 Å². The predicted octanol–water partition coefficient (Wildman–Crippen LogP) is 2.34. The van der Waals surface area contributed by atoms with E-state index in [9.17, 15) is 0 Å². The third-order valence-corrected chi connectivity index (χ3v) is 3.95. The van der Waals surface area contributed by atoms with Crippen LogP contribution in [0.4, 0.5) is 0 Å². The largest absolute Gasteiger partial charge is 0.356 e. The molecule has 0 aromatic heterocycles. The number of aliphatic imine (C=N–C) groups is 1. The standard InChI is InChI=1S/C16H24N4.HI/c1-2-10-20(9-1)13-15-6-3-5-14(11-15)12-19-16-17-7-4-8-18-16;/h3,5-6,11H,1-2,4,7-10,12-13H2,(H2,17,18,19);1H. The van der Waals surface area contributed by atoms with Crippen molar-refractivity contribution in [1.29, 1.82) is 0 Å². The molecule has 2 heterocycles. The Bertz CT molecular complexity index is 469. The van der Waals surface area contributed by atoms with E-state index in [-0.39, 0.29) is 24.0 Å². The molecule has 0 bridgehead atoms. The van der Waals surface area contributed by atoms with Crippen LogP contribution in [0.5, 0.6) is 0 Å². The van der Waals surface area contributed by atoms with Crippen LogP contribution >= 0.6 is 24.0 Å². The van der Waals surface area contributed by atoms with E-state index in [1.807, 2.05) is 0 Å². The summed E-state index contributed by atoms with van der Waals surface area (Å²) in [5.74, 6) is 0.946. The van der Waals surface area contributed by atoms with Gasteiger partial charge in [-0.1, -0.05) is 24.3 Å². The van der Waals surface area contributed by atoms with Crippen LogP contribution in [-0.4, -0.2) is 37.0 Å². The number of rotatable bonds is 4. The van der Waals surface area contributed by atoms with Crippen molar-refractivity contribution in [2.24, 2.45) is 4.99 Å². The Morgan fingerprint density at radius 2 is 1.95 bits per heavy atom. The minimum atomic E-state index is 0. The summed E-state index contributed by atoms with van der Waals surface area (Å²) in [6.45, 7) is 6.41. The zero-order chi connectivity index (χ0) is 13.6. The van der Waals surface area contributed by atoms with Crippen LogP contribution in [0.2, 0.25) is 0 Å². The Kier molecular flexibility index (Phi) is 6.76. The van der Waals surface area contributed by atoms with Gasteiger partial charge in [0.15, 0.2) is 5.96 Å². The van der Waals surface area contributed by atoms with Gasteiger partial charge < -0.3 is 10.6 Å². The predicted molar refractivity (Wildman–Crippen MR) is 98.1 cm³/mol. The van der Waals surface area contributed by atoms with Crippen LogP contribution in [0.25, 0.3) is 0 Å². The third kappa shape index (κ3) is 5.14. The van der Waals surface area contributed by atoms with Gasteiger partial charge in [0.25, 0.3) is 0 Å². The minimum absolute atomic E-state index is 0. The summed E-state index contributed by atoms with van der Waals surface area (Å²) < 4.78 is 0. The maximum Gasteiger partial charge on any atom is 0.191 e. The highest BCUT2D eigenvalue weighted by Crippen LogP contribution is 2.13.